The summed E-state index contributed by atoms with van der Waals surface area (Å²) in [6, 6.07) is 15.6. The van der Waals surface area contributed by atoms with Crippen molar-refractivity contribution in [3.8, 4) is 17.2 Å². The fourth-order valence-corrected chi connectivity index (χ4v) is 6.56. The zero-order valence-electron chi connectivity index (χ0n) is 26.6. The van der Waals surface area contributed by atoms with Crippen molar-refractivity contribution in [3.05, 3.63) is 119 Å². The van der Waals surface area contributed by atoms with Crippen LogP contribution in [0.15, 0.2) is 86.2 Å². The molecule has 0 unspecified atom stereocenters. The number of benzene rings is 3. The molecule has 250 valence electrons. The molecule has 48 heavy (non-hydrogen) atoms. The predicted molar refractivity (Wildman–Crippen MR) is 180 cm³/mol. The van der Waals surface area contributed by atoms with Gasteiger partial charge in [0.15, 0.2) is 22.9 Å². The molecule has 3 aromatic carbocycles. The minimum absolute atomic E-state index is 0.135. The standard InChI is InChI=1S/C35H32BrFN2O8S/c1-5-44-28-17-23(10-14-27(28)47-19-30(40)43-4)32-31(34(42)45-6-2)20(3)38-35-39(32)33(41)29(48-35)16-22-9-13-26(25(36)15-22)46-18-21-7-11-24(37)12-8-21/h7-17,32H,5-6,18-19H2,1-4H3/b29-16-/t32-/m0/s1. The van der Waals surface area contributed by atoms with Crippen molar-refractivity contribution in [2.24, 2.45) is 4.99 Å². The predicted octanol–water partition coefficient (Wildman–Crippen LogP) is 5.23. The van der Waals surface area contributed by atoms with E-state index in [1.165, 1.54) is 35.1 Å². The summed E-state index contributed by atoms with van der Waals surface area (Å²) < 4.78 is 43.2. The number of nitrogens with zero attached hydrogens (tertiary/aromatic N) is 2. The van der Waals surface area contributed by atoms with Crippen molar-refractivity contribution in [3.63, 3.8) is 0 Å². The largest absolute Gasteiger partial charge is 0.490 e. The van der Waals surface area contributed by atoms with Crippen LogP contribution in [0.4, 0.5) is 4.39 Å². The van der Waals surface area contributed by atoms with Crippen LogP contribution in [0.2, 0.25) is 0 Å². The number of hydrogen-bond acceptors (Lipinski definition) is 10. The molecule has 5 rings (SSSR count). The van der Waals surface area contributed by atoms with Gasteiger partial charge in [0.25, 0.3) is 5.56 Å². The number of rotatable bonds is 12. The van der Waals surface area contributed by atoms with Crippen molar-refractivity contribution in [1.29, 1.82) is 0 Å². The number of thiazole rings is 1. The maximum absolute atomic E-state index is 14.1. The molecule has 0 saturated heterocycles. The van der Waals surface area contributed by atoms with Gasteiger partial charge in [-0.2, -0.15) is 0 Å². The first-order valence-electron chi connectivity index (χ1n) is 15.0. The number of halogens is 2. The van der Waals surface area contributed by atoms with Gasteiger partial charge in [0.05, 0.1) is 46.6 Å². The third-order valence-electron chi connectivity index (χ3n) is 7.23. The molecule has 0 spiro atoms. The van der Waals surface area contributed by atoms with Crippen molar-refractivity contribution >= 4 is 45.3 Å². The summed E-state index contributed by atoms with van der Waals surface area (Å²) in [5.41, 5.74) is 2.38. The average Bonchev–Trinajstić information content (AvgIpc) is 3.37. The van der Waals surface area contributed by atoms with Crippen LogP contribution in [-0.4, -0.2) is 43.4 Å². The van der Waals surface area contributed by atoms with E-state index in [2.05, 4.69) is 25.7 Å². The number of carbonyl (C=O) groups is 2. The maximum Gasteiger partial charge on any atom is 0.343 e. The highest BCUT2D eigenvalue weighted by molar-refractivity contribution is 9.10. The molecule has 1 atom stereocenters. The van der Waals surface area contributed by atoms with E-state index >= 15 is 0 Å². The van der Waals surface area contributed by atoms with Crippen molar-refractivity contribution in [2.45, 2.75) is 33.4 Å². The second-order valence-corrected chi connectivity index (χ2v) is 12.3. The fourth-order valence-electron chi connectivity index (χ4n) is 5.00. The number of ether oxygens (including phenoxy) is 5. The summed E-state index contributed by atoms with van der Waals surface area (Å²) >= 11 is 4.74. The molecule has 0 bridgehead atoms. The van der Waals surface area contributed by atoms with Gasteiger partial charge >= 0.3 is 11.9 Å². The van der Waals surface area contributed by atoms with Crippen molar-refractivity contribution in [2.75, 3.05) is 26.9 Å². The van der Waals surface area contributed by atoms with Crippen LogP contribution in [0.1, 0.15) is 43.5 Å². The van der Waals surface area contributed by atoms with Crippen LogP contribution in [-0.2, 0) is 25.7 Å². The quantitative estimate of drug-likeness (QED) is 0.182. The van der Waals surface area contributed by atoms with Crippen LogP contribution in [0.5, 0.6) is 17.2 Å². The Hall–Kier alpha value is -4.75. The molecule has 0 fully saturated rings. The number of methoxy groups -OCH3 is 1. The van der Waals surface area contributed by atoms with E-state index in [0.29, 0.717) is 48.9 Å². The SMILES string of the molecule is CCOC(=O)C1=C(C)N=c2s/c(=C\c3ccc(OCc4ccc(F)cc4)c(Br)c3)c(=O)n2[C@H]1c1ccc(OCC(=O)OC)c(OCC)c1. The highest BCUT2D eigenvalue weighted by Crippen LogP contribution is 2.36. The first-order valence-corrected chi connectivity index (χ1v) is 16.6. The van der Waals surface area contributed by atoms with Gasteiger partial charge in [-0.3, -0.25) is 9.36 Å². The molecule has 0 amide bonds. The lowest BCUT2D eigenvalue weighted by atomic mass is 9.95. The smallest absolute Gasteiger partial charge is 0.343 e. The lowest BCUT2D eigenvalue weighted by molar-refractivity contribution is -0.143. The Kier molecular flexibility index (Phi) is 11.1. The van der Waals surface area contributed by atoms with E-state index in [-0.39, 0.29) is 36.8 Å². The van der Waals surface area contributed by atoms with Gasteiger partial charge < -0.3 is 23.7 Å². The summed E-state index contributed by atoms with van der Waals surface area (Å²) in [7, 11) is 1.26. The molecule has 1 aromatic heterocycles. The Labute approximate surface area is 287 Å². The molecule has 4 aromatic rings. The van der Waals surface area contributed by atoms with Crippen LogP contribution >= 0.6 is 27.3 Å². The summed E-state index contributed by atoms with van der Waals surface area (Å²) in [6.45, 7) is 5.57. The van der Waals surface area contributed by atoms with Crippen LogP contribution in [0, 0.1) is 5.82 Å². The van der Waals surface area contributed by atoms with Gasteiger partial charge in [-0.25, -0.2) is 19.0 Å². The monoisotopic (exact) mass is 738 g/mol. The van der Waals surface area contributed by atoms with Gasteiger partial charge in [0.2, 0.25) is 0 Å². The van der Waals surface area contributed by atoms with E-state index in [0.717, 1.165) is 11.1 Å². The number of esters is 2. The number of carbonyl (C=O) groups excluding carboxylic acids is 2. The summed E-state index contributed by atoms with van der Waals surface area (Å²) in [4.78, 5) is 44.2. The Bertz CT molecular complexity index is 2060. The maximum atomic E-state index is 14.1. The molecule has 1 aliphatic heterocycles. The number of allylic oxidation sites excluding steroid dienone is 1. The first kappa shape index (κ1) is 34.6. The Morgan fingerprint density at radius 3 is 2.42 bits per heavy atom. The Balaban J connectivity index is 1.54. The minimum atomic E-state index is -0.884. The second-order valence-electron chi connectivity index (χ2n) is 10.4. The normalized spacial score (nSPS) is 14.2. The highest BCUT2D eigenvalue weighted by Gasteiger charge is 2.34. The van der Waals surface area contributed by atoms with Crippen molar-refractivity contribution in [1.82, 2.24) is 4.57 Å². The molecule has 2 heterocycles. The lowest BCUT2D eigenvalue weighted by Gasteiger charge is -2.25. The highest BCUT2D eigenvalue weighted by atomic mass is 79.9. The third-order valence-corrected chi connectivity index (χ3v) is 8.84. The van der Waals surface area contributed by atoms with Gasteiger partial charge in [-0.1, -0.05) is 35.6 Å². The van der Waals surface area contributed by atoms with Crippen LogP contribution in [0.25, 0.3) is 6.08 Å². The molecule has 0 aliphatic carbocycles. The lowest BCUT2D eigenvalue weighted by Crippen LogP contribution is -2.40. The van der Waals surface area contributed by atoms with Crippen LogP contribution < -0.4 is 29.1 Å². The molecular weight excluding hydrogens is 707 g/mol. The van der Waals surface area contributed by atoms with Gasteiger partial charge in [0.1, 0.15) is 18.2 Å². The fraction of sp³-hybridized carbons (Fsp3) is 0.257. The van der Waals surface area contributed by atoms with Gasteiger partial charge in [0, 0.05) is 0 Å². The van der Waals surface area contributed by atoms with Crippen molar-refractivity contribution < 1.29 is 37.7 Å². The summed E-state index contributed by atoms with van der Waals surface area (Å²) in [5.74, 6) is -0.267. The zero-order chi connectivity index (χ0) is 34.4. The van der Waals surface area contributed by atoms with Crippen LogP contribution in [0.3, 0.4) is 0 Å². The van der Waals surface area contributed by atoms with Gasteiger partial charge in [-0.15, -0.1) is 0 Å². The average molecular weight is 740 g/mol. The topological polar surface area (TPSA) is 115 Å². The number of hydrogen-bond donors (Lipinski definition) is 0. The van der Waals surface area contributed by atoms with E-state index in [1.54, 1.807) is 63.2 Å². The molecule has 13 heteroatoms. The zero-order valence-corrected chi connectivity index (χ0v) is 29.0. The van der Waals surface area contributed by atoms with E-state index < -0.39 is 18.0 Å². The molecule has 1 aliphatic rings. The third kappa shape index (κ3) is 7.69. The minimum Gasteiger partial charge on any atom is -0.490 e. The summed E-state index contributed by atoms with van der Waals surface area (Å²) in [6.07, 6.45) is 1.74. The van der Waals surface area contributed by atoms with E-state index in [9.17, 15) is 18.8 Å². The molecule has 0 saturated carbocycles. The Morgan fingerprint density at radius 1 is 0.979 bits per heavy atom. The Morgan fingerprint density at radius 2 is 1.73 bits per heavy atom. The summed E-state index contributed by atoms with van der Waals surface area (Å²) in [5, 5.41) is 0. The first-order chi connectivity index (χ1) is 23.1. The number of aromatic nitrogens is 1. The molecular formula is C35H32BrFN2O8S. The second kappa shape index (κ2) is 15.4. The number of fused-ring (bicyclic) bond motifs is 1. The van der Waals surface area contributed by atoms with Gasteiger partial charge in [-0.05, 0) is 95.9 Å². The van der Waals surface area contributed by atoms with E-state index in [1.807, 2.05) is 12.1 Å². The molecule has 0 N–H and O–H groups in total. The molecule has 10 nitrogen and oxygen atoms in total. The van der Waals surface area contributed by atoms with E-state index in [4.69, 9.17) is 18.9 Å². The molecule has 0 radical (unpaired) electrons.